The van der Waals surface area contributed by atoms with Gasteiger partial charge in [0.25, 0.3) is 0 Å². The molecule has 0 amide bonds. The highest BCUT2D eigenvalue weighted by atomic mass is 127. The Hall–Kier alpha value is 0.730. The first-order chi connectivity index (χ1) is 4.22. The van der Waals surface area contributed by atoms with Crippen molar-refractivity contribution in [3.05, 3.63) is 0 Å². The molecule has 0 rings (SSSR count). The topological polar surface area (TPSA) is 0 Å². The normalized spacial score (nSPS) is 17.3. The summed E-state index contributed by atoms with van der Waals surface area (Å²) >= 11 is 2.45. The molecule has 0 fully saturated rings. The fourth-order valence-corrected chi connectivity index (χ4v) is 1.84. The van der Waals surface area contributed by atoms with Crippen molar-refractivity contribution in [3.63, 3.8) is 0 Å². The molecular weight excluding hydrogens is 223 g/mol. The zero-order valence-corrected chi connectivity index (χ0v) is 8.81. The molecule has 0 nitrogen and oxygen atoms in total. The van der Waals surface area contributed by atoms with Gasteiger partial charge in [-0.15, -0.1) is 0 Å². The zero-order valence-electron chi connectivity index (χ0n) is 6.65. The van der Waals surface area contributed by atoms with Crippen LogP contribution >= 0.6 is 22.6 Å². The molecule has 0 spiro atoms. The van der Waals surface area contributed by atoms with Gasteiger partial charge in [0.2, 0.25) is 0 Å². The van der Waals surface area contributed by atoms with E-state index in [2.05, 4.69) is 43.4 Å². The Morgan fingerprint density at radius 3 is 2.11 bits per heavy atom. The van der Waals surface area contributed by atoms with Crippen LogP contribution in [0.3, 0.4) is 0 Å². The third kappa shape index (κ3) is 4.18. The van der Waals surface area contributed by atoms with E-state index in [0.29, 0.717) is 0 Å². The minimum absolute atomic E-state index is 0.916. The summed E-state index contributed by atoms with van der Waals surface area (Å²) < 4.78 is 1.31. The van der Waals surface area contributed by atoms with Crippen LogP contribution in [0, 0.1) is 11.8 Å². The number of hydrogen-bond acceptors (Lipinski definition) is 0. The van der Waals surface area contributed by atoms with Crippen molar-refractivity contribution in [2.75, 3.05) is 4.43 Å². The van der Waals surface area contributed by atoms with Gasteiger partial charge in [-0.1, -0.05) is 49.8 Å². The predicted molar refractivity (Wildman–Crippen MR) is 52.1 cm³/mol. The quantitative estimate of drug-likeness (QED) is 0.521. The van der Waals surface area contributed by atoms with Gasteiger partial charge in [0, 0.05) is 0 Å². The fraction of sp³-hybridized carbons (Fsp3) is 1.00. The van der Waals surface area contributed by atoms with E-state index in [1.165, 1.54) is 17.3 Å². The highest BCUT2D eigenvalue weighted by Gasteiger charge is 2.07. The molecule has 0 aromatic heterocycles. The smallest absolute Gasteiger partial charge is 0.000209 e. The van der Waals surface area contributed by atoms with E-state index >= 15 is 0 Å². The van der Waals surface area contributed by atoms with E-state index in [0.717, 1.165) is 11.8 Å². The van der Waals surface area contributed by atoms with Gasteiger partial charge in [-0.05, 0) is 22.7 Å². The van der Waals surface area contributed by atoms with Crippen LogP contribution in [0.25, 0.3) is 0 Å². The summed E-state index contributed by atoms with van der Waals surface area (Å²) in [6.07, 6.45) is 2.72. The lowest BCUT2D eigenvalue weighted by Crippen LogP contribution is -2.06. The van der Waals surface area contributed by atoms with Gasteiger partial charge in [-0.25, -0.2) is 0 Å². The van der Waals surface area contributed by atoms with Gasteiger partial charge in [0.05, 0.1) is 0 Å². The Balaban J connectivity index is 3.32. The highest BCUT2D eigenvalue weighted by molar-refractivity contribution is 14.1. The molecule has 0 aliphatic carbocycles. The maximum atomic E-state index is 2.45. The monoisotopic (exact) mass is 240 g/mol. The number of halogens is 1. The van der Waals surface area contributed by atoms with Gasteiger partial charge >= 0.3 is 0 Å². The van der Waals surface area contributed by atoms with E-state index in [1.807, 2.05) is 0 Å². The van der Waals surface area contributed by atoms with Crippen LogP contribution in [-0.4, -0.2) is 4.43 Å². The molecule has 0 saturated carbocycles. The molecule has 0 aliphatic rings. The summed E-state index contributed by atoms with van der Waals surface area (Å²) in [6, 6.07) is 0. The second kappa shape index (κ2) is 5.51. The lowest BCUT2D eigenvalue weighted by molar-refractivity contribution is 0.371. The van der Waals surface area contributed by atoms with Crippen molar-refractivity contribution in [2.24, 2.45) is 11.8 Å². The van der Waals surface area contributed by atoms with E-state index in [9.17, 15) is 0 Å². The van der Waals surface area contributed by atoms with Gasteiger partial charge < -0.3 is 0 Å². The summed E-state index contributed by atoms with van der Waals surface area (Å²) in [5, 5.41) is 0. The molecule has 0 heterocycles. The molecule has 1 unspecified atom stereocenters. The Bertz CT molecular complexity index is 61.6. The van der Waals surface area contributed by atoms with Crippen LogP contribution in [0.2, 0.25) is 0 Å². The predicted octanol–water partition coefficient (Wildman–Crippen LogP) is 3.49. The standard InChI is InChI=1S/C8H17I/c1-4-7(2)8(3)5-6-9/h7-8H,4-6H2,1-3H3/t7-,8?/m1/s1. The van der Waals surface area contributed by atoms with Gasteiger partial charge in [0.15, 0.2) is 0 Å². The minimum atomic E-state index is 0.916. The molecule has 9 heavy (non-hydrogen) atoms. The molecular formula is C8H17I. The molecule has 0 aliphatic heterocycles. The van der Waals surface area contributed by atoms with Gasteiger partial charge in [-0.3, -0.25) is 0 Å². The first-order valence-corrected chi connectivity index (χ1v) is 5.30. The van der Waals surface area contributed by atoms with Crippen molar-refractivity contribution in [1.29, 1.82) is 0 Å². The van der Waals surface area contributed by atoms with E-state index in [-0.39, 0.29) is 0 Å². The maximum Gasteiger partial charge on any atom is -0.000209 e. The second-order valence-electron chi connectivity index (χ2n) is 2.84. The zero-order chi connectivity index (χ0) is 7.28. The molecule has 0 bridgehead atoms. The Kier molecular flexibility index (Phi) is 5.96. The number of rotatable bonds is 4. The van der Waals surface area contributed by atoms with Gasteiger partial charge in [0.1, 0.15) is 0 Å². The summed E-state index contributed by atoms with van der Waals surface area (Å²) in [5.41, 5.74) is 0. The summed E-state index contributed by atoms with van der Waals surface area (Å²) in [5.74, 6) is 1.84. The molecule has 0 radical (unpaired) electrons. The third-order valence-corrected chi connectivity index (χ3v) is 2.80. The molecule has 2 atom stereocenters. The number of alkyl halides is 1. The van der Waals surface area contributed by atoms with Crippen molar-refractivity contribution in [1.82, 2.24) is 0 Å². The van der Waals surface area contributed by atoms with Crippen molar-refractivity contribution in [2.45, 2.75) is 33.6 Å². The van der Waals surface area contributed by atoms with E-state index in [1.54, 1.807) is 0 Å². The van der Waals surface area contributed by atoms with Crippen molar-refractivity contribution < 1.29 is 0 Å². The average molecular weight is 240 g/mol. The maximum absolute atomic E-state index is 2.45. The average Bonchev–Trinajstić information content (AvgIpc) is 1.87. The lowest BCUT2D eigenvalue weighted by atomic mass is 9.92. The van der Waals surface area contributed by atoms with Crippen LogP contribution in [0.1, 0.15) is 33.6 Å². The molecule has 1 heteroatoms. The molecule has 0 aromatic carbocycles. The SMILES string of the molecule is CC[C@@H](C)C(C)CCI. The van der Waals surface area contributed by atoms with Crippen LogP contribution < -0.4 is 0 Å². The second-order valence-corrected chi connectivity index (χ2v) is 3.92. The largest absolute Gasteiger partial charge is 0.0864 e. The first-order valence-electron chi connectivity index (χ1n) is 3.78. The summed E-state index contributed by atoms with van der Waals surface area (Å²) in [4.78, 5) is 0. The lowest BCUT2D eigenvalue weighted by Gasteiger charge is -2.16. The minimum Gasteiger partial charge on any atom is -0.0864 e. The van der Waals surface area contributed by atoms with E-state index < -0.39 is 0 Å². The van der Waals surface area contributed by atoms with Gasteiger partial charge in [-0.2, -0.15) is 0 Å². The van der Waals surface area contributed by atoms with Crippen molar-refractivity contribution >= 4 is 22.6 Å². The van der Waals surface area contributed by atoms with Crippen molar-refractivity contribution in [3.8, 4) is 0 Å². The molecule has 0 N–H and O–H groups in total. The third-order valence-electron chi connectivity index (χ3n) is 2.18. The summed E-state index contributed by atoms with van der Waals surface area (Å²) in [7, 11) is 0. The summed E-state index contributed by atoms with van der Waals surface area (Å²) in [6.45, 7) is 6.97. The molecule has 0 saturated heterocycles. The van der Waals surface area contributed by atoms with Crippen LogP contribution in [-0.2, 0) is 0 Å². The van der Waals surface area contributed by atoms with Crippen LogP contribution in [0.4, 0.5) is 0 Å². The van der Waals surface area contributed by atoms with Crippen LogP contribution in [0.5, 0.6) is 0 Å². The first kappa shape index (κ1) is 9.73. The Morgan fingerprint density at radius 1 is 1.22 bits per heavy atom. The Labute approximate surface area is 72.6 Å². The highest BCUT2D eigenvalue weighted by Crippen LogP contribution is 2.18. The van der Waals surface area contributed by atoms with E-state index in [4.69, 9.17) is 0 Å². The van der Waals surface area contributed by atoms with Crippen LogP contribution in [0.15, 0.2) is 0 Å². The molecule has 56 valence electrons. The molecule has 0 aromatic rings. The fourth-order valence-electron chi connectivity index (χ4n) is 0.859. The number of hydrogen-bond donors (Lipinski definition) is 0. The Morgan fingerprint density at radius 2 is 1.78 bits per heavy atom.